The van der Waals surface area contributed by atoms with Crippen LogP contribution in [0.15, 0.2) is 0 Å². The van der Waals surface area contributed by atoms with Crippen molar-refractivity contribution in [1.82, 2.24) is 9.97 Å². The molecule has 5 heteroatoms. The van der Waals surface area contributed by atoms with E-state index in [0.29, 0.717) is 11.7 Å². The number of anilines is 2. The molecule has 0 unspecified atom stereocenters. The lowest BCUT2D eigenvalue weighted by molar-refractivity contribution is 0.147. The van der Waals surface area contributed by atoms with Crippen molar-refractivity contribution >= 4 is 11.6 Å². The van der Waals surface area contributed by atoms with E-state index in [1.54, 1.807) is 0 Å². The normalized spacial score (nSPS) is 14.8. The summed E-state index contributed by atoms with van der Waals surface area (Å²) in [5, 5.41) is 3.32. The molecule has 18 heavy (non-hydrogen) atoms. The Balaban J connectivity index is 1.93. The van der Waals surface area contributed by atoms with Crippen LogP contribution in [0.1, 0.15) is 43.5 Å². The molecule has 0 aliphatic heterocycles. The van der Waals surface area contributed by atoms with Gasteiger partial charge < -0.3 is 15.8 Å². The van der Waals surface area contributed by atoms with E-state index in [4.69, 9.17) is 10.5 Å². The minimum atomic E-state index is 0.525. The Hall–Kier alpha value is -1.36. The van der Waals surface area contributed by atoms with Gasteiger partial charge in [0.25, 0.3) is 0 Å². The molecule has 0 bridgehead atoms. The highest BCUT2D eigenvalue weighted by Gasteiger charge is 2.27. The van der Waals surface area contributed by atoms with Gasteiger partial charge in [0.15, 0.2) is 0 Å². The van der Waals surface area contributed by atoms with Gasteiger partial charge in [-0.3, -0.25) is 0 Å². The van der Waals surface area contributed by atoms with Gasteiger partial charge in [-0.1, -0.05) is 0 Å². The SMILES string of the molecule is CCOCCCNc1nc(C2CC2)nc(N)c1C. The van der Waals surface area contributed by atoms with Crippen molar-refractivity contribution in [2.24, 2.45) is 0 Å². The summed E-state index contributed by atoms with van der Waals surface area (Å²) in [7, 11) is 0. The summed E-state index contributed by atoms with van der Waals surface area (Å²) in [6.07, 6.45) is 3.34. The number of nitrogens with one attached hydrogen (secondary N) is 1. The second-order valence-electron chi connectivity index (χ2n) is 4.69. The minimum absolute atomic E-state index is 0.525. The second kappa shape index (κ2) is 6.00. The van der Waals surface area contributed by atoms with Crippen molar-refractivity contribution in [3.63, 3.8) is 0 Å². The van der Waals surface area contributed by atoms with Gasteiger partial charge in [0.1, 0.15) is 17.5 Å². The van der Waals surface area contributed by atoms with E-state index < -0.39 is 0 Å². The van der Waals surface area contributed by atoms with Crippen LogP contribution in [-0.2, 0) is 4.74 Å². The molecule has 0 saturated heterocycles. The van der Waals surface area contributed by atoms with Gasteiger partial charge in [0.2, 0.25) is 0 Å². The number of aromatic nitrogens is 2. The molecule has 1 heterocycles. The molecule has 2 rings (SSSR count). The summed E-state index contributed by atoms with van der Waals surface area (Å²) >= 11 is 0. The summed E-state index contributed by atoms with van der Waals surface area (Å²) < 4.78 is 5.30. The highest BCUT2D eigenvalue weighted by atomic mass is 16.5. The van der Waals surface area contributed by atoms with Crippen LogP contribution in [0.25, 0.3) is 0 Å². The maximum absolute atomic E-state index is 5.92. The van der Waals surface area contributed by atoms with Crippen LogP contribution < -0.4 is 11.1 Å². The standard InChI is InChI=1S/C13H22N4O/c1-3-18-8-4-7-15-12-9(2)11(14)16-13(17-12)10-5-6-10/h10H,3-8H2,1-2H3,(H3,14,15,16,17). The zero-order valence-corrected chi connectivity index (χ0v) is 11.2. The summed E-state index contributed by atoms with van der Waals surface area (Å²) in [6.45, 7) is 6.35. The Kier molecular flexibility index (Phi) is 4.36. The summed E-state index contributed by atoms with van der Waals surface area (Å²) in [6, 6.07) is 0. The van der Waals surface area contributed by atoms with Crippen LogP contribution in [0.3, 0.4) is 0 Å². The minimum Gasteiger partial charge on any atom is -0.383 e. The first kappa shape index (κ1) is 13.1. The van der Waals surface area contributed by atoms with E-state index in [-0.39, 0.29) is 0 Å². The van der Waals surface area contributed by atoms with Crippen molar-refractivity contribution < 1.29 is 4.74 Å². The van der Waals surface area contributed by atoms with Crippen LogP contribution in [0.2, 0.25) is 0 Å². The molecule has 0 aromatic carbocycles. The van der Waals surface area contributed by atoms with Gasteiger partial charge in [-0.2, -0.15) is 0 Å². The highest BCUT2D eigenvalue weighted by Crippen LogP contribution is 2.39. The lowest BCUT2D eigenvalue weighted by Crippen LogP contribution is -2.11. The number of rotatable bonds is 7. The predicted molar refractivity (Wildman–Crippen MR) is 72.8 cm³/mol. The number of nitrogens with two attached hydrogens (primary N) is 1. The summed E-state index contributed by atoms with van der Waals surface area (Å²) in [5.74, 6) is 2.89. The van der Waals surface area contributed by atoms with Crippen LogP contribution in [0.4, 0.5) is 11.6 Å². The lowest BCUT2D eigenvalue weighted by atomic mass is 10.2. The average Bonchev–Trinajstić information content (AvgIpc) is 3.18. The third-order valence-corrected chi connectivity index (χ3v) is 3.11. The zero-order chi connectivity index (χ0) is 13.0. The Labute approximate surface area is 108 Å². The topological polar surface area (TPSA) is 73.1 Å². The Morgan fingerprint density at radius 2 is 2.17 bits per heavy atom. The van der Waals surface area contributed by atoms with Crippen molar-refractivity contribution in [2.45, 2.75) is 39.0 Å². The predicted octanol–water partition coefficient (Wildman–Crippen LogP) is 2.08. The van der Waals surface area contributed by atoms with E-state index in [9.17, 15) is 0 Å². The highest BCUT2D eigenvalue weighted by molar-refractivity contribution is 5.55. The molecule has 1 aliphatic rings. The fraction of sp³-hybridized carbons (Fsp3) is 0.692. The molecule has 0 amide bonds. The average molecular weight is 250 g/mol. The smallest absolute Gasteiger partial charge is 0.136 e. The van der Waals surface area contributed by atoms with Crippen LogP contribution in [0.5, 0.6) is 0 Å². The van der Waals surface area contributed by atoms with E-state index in [0.717, 1.165) is 43.4 Å². The number of hydrogen-bond donors (Lipinski definition) is 2. The molecule has 1 aromatic heterocycles. The van der Waals surface area contributed by atoms with Crippen molar-refractivity contribution in [2.75, 3.05) is 30.8 Å². The van der Waals surface area contributed by atoms with Gasteiger partial charge in [-0.15, -0.1) is 0 Å². The molecule has 1 saturated carbocycles. The first-order valence-electron chi connectivity index (χ1n) is 6.68. The zero-order valence-electron chi connectivity index (χ0n) is 11.2. The quantitative estimate of drug-likeness (QED) is 0.725. The van der Waals surface area contributed by atoms with Gasteiger partial charge in [0, 0.05) is 31.2 Å². The van der Waals surface area contributed by atoms with Crippen LogP contribution in [0, 0.1) is 6.92 Å². The number of hydrogen-bond acceptors (Lipinski definition) is 5. The lowest BCUT2D eigenvalue weighted by Gasteiger charge is -2.11. The summed E-state index contributed by atoms with van der Waals surface area (Å²) in [5.41, 5.74) is 6.86. The molecule has 1 fully saturated rings. The first-order chi connectivity index (χ1) is 8.72. The third kappa shape index (κ3) is 3.32. The van der Waals surface area contributed by atoms with Gasteiger partial charge in [-0.25, -0.2) is 9.97 Å². The third-order valence-electron chi connectivity index (χ3n) is 3.11. The van der Waals surface area contributed by atoms with Crippen molar-refractivity contribution in [1.29, 1.82) is 0 Å². The van der Waals surface area contributed by atoms with E-state index in [2.05, 4.69) is 15.3 Å². The largest absolute Gasteiger partial charge is 0.383 e. The van der Waals surface area contributed by atoms with Gasteiger partial charge >= 0.3 is 0 Å². The Morgan fingerprint density at radius 1 is 1.39 bits per heavy atom. The molecule has 3 N–H and O–H groups in total. The Morgan fingerprint density at radius 3 is 2.83 bits per heavy atom. The fourth-order valence-corrected chi connectivity index (χ4v) is 1.77. The molecule has 0 spiro atoms. The number of nitrogens with zero attached hydrogens (tertiary/aromatic N) is 2. The molecular weight excluding hydrogens is 228 g/mol. The van der Waals surface area contributed by atoms with Gasteiger partial charge in [-0.05, 0) is 33.1 Å². The molecule has 100 valence electrons. The van der Waals surface area contributed by atoms with Crippen molar-refractivity contribution in [3.8, 4) is 0 Å². The molecule has 0 radical (unpaired) electrons. The second-order valence-corrected chi connectivity index (χ2v) is 4.69. The molecular formula is C13H22N4O. The van der Waals surface area contributed by atoms with Crippen LogP contribution >= 0.6 is 0 Å². The maximum atomic E-state index is 5.92. The van der Waals surface area contributed by atoms with Crippen LogP contribution in [-0.4, -0.2) is 29.7 Å². The monoisotopic (exact) mass is 250 g/mol. The molecule has 0 atom stereocenters. The number of ether oxygens (including phenoxy) is 1. The Bertz CT molecular complexity index is 404. The van der Waals surface area contributed by atoms with Crippen molar-refractivity contribution in [3.05, 3.63) is 11.4 Å². The first-order valence-corrected chi connectivity index (χ1v) is 6.68. The molecule has 5 nitrogen and oxygen atoms in total. The summed E-state index contributed by atoms with van der Waals surface area (Å²) in [4.78, 5) is 8.92. The molecule has 1 aliphatic carbocycles. The number of nitrogen functional groups attached to an aromatic ring is 1. The molecule has 1 aromatic rings. The van der Waals surface area contributed by atoms with Gasteiger partial charge in [0.05, 0.1) is 0 Å². The maximum Gasteiger partial charge on any atom is 0.136 e. The van der Waals surface area contributed by atoms with E-state index in [1.807, 2.05) is 13.8 Å². The van der Waals surface area contributed by atoms with E-state index >= 15 is 0 Å². The van der Waals surface area contributed by atoms with E-state index in [1.165, 1.54) is 12.8 Å². The fourth-order valence-electron chi connectivity index (χ4n) is 1.77.